The minimum absolute atomic E-state index is 0. The van der Waals surface area contributed by atoms with Gasteiger partial charge in [0.25, 0.3) is 0 Å². The maximum absolute atomic E-state index is 12.9. The van der Waals surface area contributed by atoms with Crippen LogP contribution in [-0.4, -0.2) is 20.7 Å². The Morgan fingerprint density at radius 3 is 3.16 bits per heavy atom. The molecule has 1 unspecified atom stereocenters. The van der Waals surface area contributed by atoms with Gasteiger partial charge in [0.1, 0.15) is 23.9 Å². The van der Waals surface area contributed by atoms with Crippen LogP contribution in [0.2, 0.25) is 0 Å². The van der Waals surface area contributed by atoms with Crippen LogP contribution in [0.15, 0.2) is 35.3 Å². The van der Waals surface area contributed by atoms with Crippen LogP contribution in [0.4, 0.5) is 0 Å². The van der Waals surface area contributed by atoms with Crippen LogP contribution in [0.3, 0.4) is 0 Å². The fourth-order valence-corrected chi connectivity index (χ4v) is 3.24. The van der Waals surface area contributed by atoms with E-state index in [2.05, 4.69) is 21.0 Å². The van der Waals surface area contributed by atoms with E-state index >= 15 is 0 Å². The van der Waals surface area contributed by atoms with E-state index in [9.17, 15) is 4.79 Å². The molecular formula is C19H20N4O2. The van der Waals surface area contributed by atoms with E-state index in [-0.39, 0.29) is 13.1 Å². The molecule has 0 spiro atoms. The van der Waals surface area contributed by atoms with Gasteiger partial charge in [0, 0.05) is 25.3 Å². The minimum atomic E-state index is -0.102. The molecule has 4 rings (SSSR count). The molecule has 1 N–H and O–H groups in total. The Labute approximate surface area is 146 Å². The number of fused-ring (bicyclic) bond motifs is 1. The van der Waals surface area contributed by atoms with Gasteiger partial charge in [-0.2, -0.15) is 5.26 Å². The molecule has 1 aliphatic carbocycles. The molecule has 3 heterocycles. The number of carbonyl (C=O) groups excluding carboxylic acids is 1. The molecular weight excluding hydrogens is 316 g/mol. The summed E-state index contributed by atoms with van der Waals surface area (Å²) < 4.78 is 5.63. The van der Waals surface area contributed by atoms with Gasteiger partial charge < -0.3 is 9.40 Å². The maximum Gasteiger partial charge on any atom is 0.169 e. The zero-order valence-electron chi connectivity index (χ0n) is 13.7. The summed E-state index contributed by atoms with van der Waals surface area (Å²) in [5, 5.41) is 9.71. The summed E-state index contributed by atoms with van der Waals surface area (Å²) in [6.07, 6.45) is 9.05. The smallest absolute Gasteiger partial charge is 0.169 e. The highest BCUT2D eigenvalue weighted by molar-refractivity contribution is 5.99. The SMILES string of the molecule is N#CCCC(CC1CC1)C(=O)c1coc(-c2ncnc3[nH]ccc23)c1.[HH]. The van der Waals surface area contributed by atoms with Crippen LogP contribution >= 0.6 is 0 Å². The fourth-order valence-electron chi connectivity index (χ4n) is 3.24. The first-order chi connectivity index (χ1) is 12.3. The number of nitrogens with zero attached hydrogens (tertiary/aromatic N) is 3. The number of ketones is 1. The lowest BCUT2D eigenvalue weighted by Gasteiger charge is -2.12. The number of nitriles is 1. The van der Waals surface area contributed by atoms with E-state index in [0.29, 0.717) is 35.8 Å². The minimum Gasteiger partial charge on any atom is -0.462 e. The summed E-state index contributed by atoms with van der Waals surface area (Å²) in [5.74, 6) is 1.16. The summed E-state index contributed by atoms with van der Waals surface area (Å²) in [4.78, 5) is 24.4. The fraction of sp³-hybridized carbons (Fsp3) is 0.368. The molecule has 1 saturated carbocycles. The summed E-state index contributed by atoms with van der Waals surface area (Å²) in [5.41, 5.74) is 1.96. The molecule has 0 amide bonds. The Morgan fingerprint density at radius 1 is 1.48 bits per heavy atom. The van der Waals surface area contributed by atoms with Gasteiger partial charge in [-0.3, -0.25) is 4.79 Å². The average Bonchev–Trinajstić information content (AvgIpc) is 3.12. The van der Waals surface area contributed by atoms with Crippen molar-refractivity contribution in [3.05, 3.63) is 36.5 Å². The standard InChI is InChI=1S/C19H18N4O2.H2/c20-6-1-2-13(8-12-3-4-12)18(24)14-9-16(25-10-14)17-15-5-7-21-19(15)23-11-22-17;/h5,7,9-13H,1-4,8H2,(H,21,22,23);1H. The monoisotopic (exact) mass is 336 g/mol. The molecule has 1 aliphatic rings. The predicted octanol–water partition coefficient (Wildman–Crippen LogP) is 4.37. The summed E-state index contributed by atoms with van der Waals surface area (Å²) in [6.45, 7) is 0. The van der Waals surface area contributed by atoms with E-state index in [1.165, 1.54) is 25.4 Å². The number of aromatic amines is 1. The lowest BCUT2D eigenvalue weighted by Crippen LogP contribution is -2.15. The summed E-state index contributed by atoms with van der Waals surface area (Å²) in [7, 11) is 0. The Morgan fingerprint density at radius 2 is 2.36 bits per heavy atom. The first kappa shape index (κ1) is 15.6. The highest BCUT2D eigenvalue weighted by Gasteiger charge is 2.30. The molecule has 25 heavy (non-hydrogen) atoms. The summed E-state index contributed by atoms with van der Waals surface area (Å²) >= 11 is 0. The maximum atomic E-state index is 12.9. The number of carbonyl (C=O) groups is 1. The second-order valence-corrected chi connectivity index (χ2v) is 6.60. The Bertz CT molecular complexity index is 952. The van der Waals surface area contributed by atoms with Gasteiger partial charge in [-0.1, -0.05) is 12.8 Å². The van der Waals surface area contributed by atoms with Crippen molar-refractivity contribution < 1.29 is 10.6 Å². The van der Waals surface area contributed by atoms with Crippen LogP contribution in [-0.2, 0) is 0 Å². The largest absolute Gasteiger partial charge is 0.462 e. The highest BCUT2D eigenvalue weighted by atomic mass is 16.3. The van der Waals surface area contributed by atoms with Crippen LogP contribution in [0.5, 0.6) is 0 Å². The van der Waals surface area contributed by atoms with Gasteiger partial charge in [0.05, 0.1) is 11.6 Å². The molecule has 1 atom stereocenters. The average molecular weight is 336 g/mol. The Balaban J connectivity index is 0.00000196. The Kier molecular flexibility index (Phi) is 4.06. The summed E-state index contributed by atoms with van der Waals surface area (Å²) in [6, 6.07) is 5.79. The molecule has 128 valence electrons. The number of Topliss-reactive ketones (excluding diaryl/α,β-unsaturated/α-hetero) is 1. The zero-order valence-corrected chi connectivity index (χ0v) is 13.7. The zero-order chi connectivity index (χ0) is 17.2. The van der Waals surface area contributed by atoms with Crippen molar-refractivity contribution in [2.45, 2.75) is 32.1 Å². The van der Waals surface area contributed by atoms with Crippen LogP contribution in [0.25, 0.3) is 22.5 Å². The molecule has 1 fully saturated rings. The number of hydrogen-bond acceptors (Lipinski definition) is 5. The molecule has 0 aromatic carbocycles. The number of rotatable bonds is 7. The number of nitrogens with one attached hydrogen (secondary N) is 1. The van der Waals surface area contributed by atoms with Crippen molar-refractivity contribution in [3.63, 3.8) is 0 Å². The highest BCUT2D eigenvalue weighted by Crippen LogP contribution is 2.38. The first-order valence-electron chi connectivity index (χ1n) is 8.54. The van der Waals surface area contributed by atoms with Crippen molar-refractivity contribution >= 4 is 16.8 Å². The Hall–Kier alpha value is -2.94. The molecule has 3 aromatic rings. The van der Waals surface area contributed by atoms with Crippen molar-refractivity contribution in [2.75, 3.05) is 0 Å². The number of hydrogen-bond donors (Lipinski definition) is 1. The number of H-pyrrole nitrogens is 1. The van der Waals surface area contributed by atoms with Gasteiger partial charge >= 0.3 is 0 Å². The van der Waals surface area contributed by atoms with E-state index in [0.717, 1.165) is 17.5 Å². The number of furan rings is 1. The molecule has 6 heteroatoms. The van der Waals surface area contributed by atoms with Gasteiger partial charge in [-0.15, -0.1) is 0 Å². The van der Waals surface area contributed by atoms with E-state index in [1.807, 2.05) is 6.07 Å². The van der Waals surface area contributed by atoms with Crippen molar-refractivity contribution in [2.24, 2.45) is 11.8 Å². The van der Waals surface area contributed by atoms with Crippen LogP contribution in [0, 0.1) is 23.2 Å². The van der Waals surface area contributed by atoms with Gasteiger partial charge in [0.2, 0.25) is 0 Å². The van der Waals surface area contributed by atoms with Gasteiger partial charge in [-0.05, 0) is 30.9 Å². The number of aromatic nitrogens is 3. The van der Waals surface area contributed by atoms with E-state index in [1.54, 1.807) is 12.3 Å². The third-order valence-corrected chi connectivity index (χ3v) is 4.76. The van der Waals surface area contributed by atoms with E-state index < -0.39 is 0 Å². The topological polar surface area (TPSA) is 95.6 Å². The molecule has 0 radical (unpaired) electrons. The molecule has 3 aromatic heterocycles. The van der Waals surface area contributed by atoms with Crippen LogP contribution in [0.1, 0.15) is 43.9 Å². The second-order valence-electron chi connectivity index (χ2n) is 6.60. The molecule has 6 nitrogen and oxygen atoms in total. The molecule has 0 bridgehead atoms. The van der Waals surface area contributed by atoms with Gasteiger partial charge in [0.15, 0.2) is 11.5 Å². The van der Waals surface area contributed by atoms with Crippen LogP contribution < -0.4 is 0 Å². The second kappa shape index (κ2) is 6.52. The lowest BCUT2D eigenvalue weighted by atomic mass is 9.89. The van der Waals surface area contributed by atoms with Crippen molar-refractivity contribution in [1.82, 2.24) is 15.0 Å². The van der Waals surface area contributed by atoms with Gasteiger partial charge in [-0.25, -0.2) is 9.97 Å². The van der Waals surface area contributed by atoms with Crippen molar-refractivity contribution in [3.8, 4) is 17.5 Å². The lowest BCUT2D eigenvalue weighted by molar-refractivity contribution is 0.0902. The molecule has 0 saturated heterocycles. The first-order valence-corrected chi connectivity index (χ1v) is 8.54. The third-order valence-electron chi connectivity index (χ3n) is 4.76. The van der Waals surface area contributed by atoms with Crippen molar-refractivity contribution in [1.29, 1.82) is 5.26 Å². The quantitative estimate of drug-likeness (QED) is 0.646. The predicted molar refractivity (Wildman–Crippen MR) is 93.7 cm³/mol. The van der Waals surface area contributed by atoms with E-state index in [4.69, 9.17) is 9.68 Å². The molecule has 0 aliphatic heterocycles. The third kappa shape index (κ3) is 3.18. The normalized spacial score (nSPS) is 15.2.